The van der Waals surface area contributed by atoms with E-state index in [1.165, 1.54) is 0 Å². The van der Waals surface area contributed by atoms with Crippen molar-refractivity contribution >= 4 is 16.8 Å². The van der Waals surface area contributed by atoms with Crippen LogP contribution in [0.5, 0.6) is 0 Å². The molecule has 18 heavy (non-hydrogen) atoms. The molecule has 3 rings (SSSR count). The third-order valence-corrected chi connectivity index (χ3v) is 3.13. The minimum Gasteiger partial charge on any atom is -0.436 e. The number of benzene rings is 2. The molecular weight excluding hydrogens is 224 g/mol. The van der Waals surface area contributed by atoms with Gasteiger partial charge in [0.15, 0.2) is 5.58 Å². The van der Waals surface area contributed by atoms with Gasteiger partial charge in [-0.25, -0.2) is 4.98 Å². The summed E-state index contributed by atoms with van der Waals surface area (Å²) in [6, 6.07) is 11.8. The van der Waals surface area contributed by atoms with E-state index in [1.54, 1.807) is 0 Å². The summed E-state index contributed by atoms with van der Waals surface area (Å²) >= 11 is 0. The molecular formula is C15H14N2O. The first-order chi connectivity index (χ1) is 8.65. The predicted octanol–water partition coefficient (Wildman–Crippen LogP) is 3.69. The van der Waals surface area contributed by atoms with Gasteiger partial charge in [0.1, 0.15) is 5.52 Å². The maximum Gasteiger partial charge on any atom is 0.227 e. The van der Waals surface area contributed by atoms with Crippen LogP contribution in [0, 0.1) is 13.8 Å². The standard InChI is InChI=1S/C15H14N2O/c1-9-4-3-5-13-14(9)18-15(17-13)11-6-7-12(16)10(2)8-11/h3-8H,16H2,1-2H3. The molecule has 0 saturated heterocycles. The molecule has 0 radical (unpaired) electrons. The van der Waals surface area contributed by atoms with Gasteiger partial charge < -0.3 is 10.2 Å². The summed E-state index contributed by atoms with van der Waals surface area (Å²) in [4.78, 5) is 4.51. The smallest absolute Gasteiger partial charge is 0.227 e. The van der Waals surface area contributed by atoms with E-state index in [0.29, 0.717) is 5.89 Å². The molecule has 0 fully saturated rings. The number of anilines is 1. The maximum absolute atomic E-state index is 5.83. The lowest BCUT2D eigenvalue weighted by Gasteiger charge is -2.01. The summed E-state index contributed by atoms with van der Waals surface area (Å²) in [7, 11) is 0. The monoisotopic (exact) mass is 238 g/mol. The Hall–Kier alpha value is -2.29. The number of hydrogen-bond acceptors (Lipinski definition) is 3. The van der Waals surface area contributed by atoms with Gasteiger partial charge in [0.2, 0.25) is 5.89 Å². The number of nitrogen functional groups attached to an aromatic ring is 1. The van der Waals surface area contributed by atoms with E-state index in [2.05, 4.69) is 4.98 Å². The highest BCUT2D eigenvalue weighted by atomic mass is 16.3. The van der Waals surface area contributed by atoms with E-state index >= 15 is 0 Å². The van der Waals surface area contributed by atoms with Gasteiger partial charge in [-0.15, -0.1) is 0 Å². The molecule has 1 aromatic heterocycles. The van der Waals surface area contributed by atoms with Crippen LogP contribution in [0.25, 0.3) is 22.6 Å². The van der Waals surface area contributed by atoms with Gasteiger partial charge in [-0.3, -0.25) is 0 Å². The van der Waals surface area contributed by atoms with Crippen molar-refractivity contribution in [2.45, 2.75) is 13.8 Å². The lowest BCUT2D eigenvalue weighted by molar-refractivity contribution is 0.617. The summed E-state index contributed by atoms with van der Waals surface area (Å²) in [5.41, 5.74) is 11.4. The largest absolute Gasteiger partial charge is 0.436 e. The first kappa shape index (κ1) is 10.8. The molecule has 0 aliphatic heterocycles. The number of para-hydroxylation sites is 1. The van der Waals surface area contributed by atoms with Crippen LogP contribution < -0.4 is 5.73 Å². The SMILES string of the molecule is Cc1cc(-c2nc3cccc(C)c3o2)ccc1N. The van der Waals surface area contributed by atoms with Crippen LogP contribution in [-0.4, -0.2) is 4.98 Å². The summed E-state index contributed by atoms with van der Waals surface area (Å²) in [5.74, 6) is 0.641. The molecule has 1 heterocycles. The van der Waals surface area contributed by atoms with Crippen molar-refractivity contribution < 1.29 is 4.42 Å². The van der Waals surface area contributed by atoms with Gasteiger partial charge in [-0.1, -0.05) is 12.1 Å². The molecule has 3 nitrogen and oxygen atoms in total. The highest BCUT2D eigenvalue weighted by molar-refractivity contribution is 5.79. The van der Waals surface area contributed by atoms with E-state index in [1.807, 2.05) is 50.2 Å². The van der Waals surface area contributed by atoms with Gasteiger partial charge in [-0.05, 0) is 49.2 Å². The zero-order valence-electron chi connectivity index (χ0n) is 10.4. The zero-order chi connectivity index (χ0) is 12.7. The minimum absolute atomic E-state index is 0.641. The van der Waals surface area contributed by atoms with Crippen molar-refractivity contribution in [2.75, 3.05) is 5.73 Å². The average Bonchev–Trinajstić information content (AvgIpc) is 2.78. The molecule has 3 heteroatoms. The average molecular weight is 238 g/mol. The number of aromatic nitrogens is 1. The Kier molecular flexibility index (Phi) is 2.33. The fraction of sp³-hybridized carbons (Fsp3) is 0.133. The van der Waals surface area contributed by atoms with Crippen molar-refractivity contribution in [2.24, 2.45) is 0 Å². The number of rotatable bonds is 1. The van der Waals surface area contributed by atoms with Gasteiger partial charge in [-0.2, -0.15) is 0 Å². The van der Waals surface area contributed by atoms with Gasteiger partial charge in [0.05, 0.1) is 0 Å². The summed E-state index contributed by atoms with van der Waals surface area (Å²) in [6.07, 6.45) is 0. The van der Waals surface area contributed by atoms with E-state index in [4.69, 9.17) is 10.2 Å². The van der Waals surface area contributed by atoms with Gasteiger partial charge in [0.25, 0.3) is 0 Å². The molecule has 2 N–H and O–H groups in total. The molecule has 0 unspecified atom stereocenters. The van der Waals surface area contributed by atoms with E-state index < -0.39 is 0 Å². The zero-order valence-corrected chi connectivity index (χ0v) is 10.4. The maximum atomic E-state index is 5.83. The molecule has 0 aliphatic carbocycles. The predicted molar refractivity (Wildman–Crippen MR) is 73.3 cm³/mol. The fourth-order valence-electron chi connectivity index (χ4n) is 2.02. The Morgan fingerprint density at radius 2 is 1.89 bits per heavy atom. The van der Waals surface area contributed by atoms with Crippen LogP contribution in [0.4, 0.5) is 5.69 Å². The first-order valence-corrected chi connectivity index (χ1v) is 5.88. The number of fused-ring (bicyclic) bond motifs is 1. The topological polar surface area (TPSA) is 52.0 Å². The third-order valence-electron chi connectivity index (χ3n) is 3.13. The van der Waals surface area contributed by atoms with Gasteiger partial charge >= 0.3 is 0 Å². The van der Waals surface area contributed by atoms with E-state index in [9.17, 15) is 0 Å². The van der Waals surface area contributed by atoms with Crippen LogP contribution in [0.1, 0.15) is 11.1 Å². The molecule has 0 bridgehead atoms. The fourth-order valence-corrected chi connectivity index (χ4v) is 2.02. The second-order valence-corrected chi connectivity index (χ2v) is 4.51. The van der Waals surface area contributed by atoms with Crippen LogP contribution in [-0.2, 0) is 0 Å². The summed E-state index contributed by atoms with van der Waals surface area (Å²) < 4.78 is 5.83. The highest BCUT2D eigenvalue weighted by Crippen LogP contribution is 2.27. The number of nitrogens with two attached hydrogens (primary N) is 1. The number of nitrogens with zero attached hydrogens (tertiary/aromatic N) is 1. The molecule has 3 aromatic rings. The third kappa shape index (κ3) is 1.64. The number of oxazole rings is 1. The van der Waals surface area contributed by atoms with E-state index in [-0.39, 0.29) is 0 Å². The molecule has 0 aliphatic rings. The van der Waals surface area contributed by atoms with Crippen LogP contribution in [0.15, 0.2) is 40.8 Å². The molecule has 2 aromatic carbocycles. The number of aryl methyl sites for hydroxylation is 2. The lowest BCUT2D eigenvalue weighted by Crippen LogP contribution is -1.89. The Labute approximate surface area is 105 Å². The van der Waals surface area contributed by atoms with Crippen LogP contribution in [0.2, 0.25) is 0 Å². The molecule has 90 valence electrons. The van der Waals surface area contributed by atoms with Crippen molar-refractivity contribution in [1.82, 2.24) is 4.98 Å². The Balaban J connectivity index is 2.19. The van der Waals surface area contributed by atoms with Crippen molar-refractivity contribution in [1.29, 1.82) is 0 Å². The first-order valence-electron chi connectivity index (χ1n) is 5.88. The minimum atomic E-state index is 0.641. The van der Waals surface area contributed by atoms with Gasteiger partial charge in [0, 0.05) is 11.3 Å². The summed E-state index contributed by atoms with van der Waals surface area (Å²) in [5, 5.41) is 0. The Bertz CT molecular complexity index is 728. The molecule has 0 spiro atoms. The molecule has 0 amide bonds. The van der Waals surface area contributed by atoms with Crippen LogP contribution in [0.3, 0.4) is 0 Å². The summed E-state index contributed by atoms with van der Waals surface area (Å²) in [6.45, 7) is 4.00. The molecule has 0 atom stereocenters. The normalized spacial score (nSPS) is 11.0. The quantitative estimate of drug-likeness (QED) is 0.658. The highest BCUT2D eigenvalue weighted by Gasteiger charge is 2.10. The number of hydrogen-bond donors (Lipinski definition) is 1. The van der Waals surface area contributed by atoms with Crippen molar-refractivity contribution in [3.63, 3.8) is 0 Å². The Morgan fingerprint density at radius 1 is 1.06 bits per heavy atom. The van der Waals surface area contributed by atoms with E-state index in [0.717, 1.165) is 33.5 Å². The lowest BCUT2D eigenvalue weighted by atomic mass is 10.1. The van der Waals surface area contributed by atoms with Crippen LogP contribution >= 0.6 is 0 Å². The molecule has 0 saturated carbocycles. The second kappa shape index (κ2) is 3.88. The second-order valence-electron chi connectivity index (χ2n) is 4.51. The van der Waals surface area contributed by atoms with Crippen molar-refractivity contribution in [3.8, 4) is 11.5 Å². The van der Waals surface area contributed by atoms with Crippen molar-refractivity contribution in [3.05, 3.63) is 47.5 Å². The Morgan fingerprint density at radius 3 is 2.61 bits per heavy atom.